The van der Waals surface area contributed by atoms with E-state index in [2.05, 4.69) is 17.6 Å². The van der Waals surface area contributed by atoms with Crippen molar-refractivity contribution in [3.8, 4) is 0 Å². The van der Waals surface area contributed by atoms with E-state index in [0.717, 1.165) is 12.5 Å². The number of hydrogen-bond acceptors (Lipinski definition) is 3. The Balaban J connectivity index is 2.17. The molecule has 0 spiro atoms. The number of nitrogens with one attached hydrogen (secondary N) is 2. The van der Waals surface area contributed by atoms with Crippen LogP contribution in [0, 0.1) is 5.92 Å². The maximum Gasteiger partial charge on any atom is 0.407 e. The minimum absolute atomic E-state index is 0.309. The molecule has 118 valence electrons. The largest absolute Gasteiger partial charge is 0.444 e. The van der Waals surface area contributed by atoms with Crippen LogP contribution in [-0.2, 0) is 4.74 Å². The molecule has 0 aliphatic heterocycles. The zero-order chi connectivity index (χ0) is 15.0. The monoisotopic (exact) mass is 284 g/mol. The summed E-state index contributed by atoms with van der Waals surface area (Å²) in [5, 5.41) is 6.48. The number of unbranched alkanes of at least 4 members (excludes halogenated alkanes) is 3. The number of hydrogen-bond donors (Lipinski definition) is 2. The van der Waals surface area contributed by atoms with Crippen molar-refractivity contribution in [1.82, 2.24) is 10.6 Å². The molecule has 0 bridgehead atoms. The quantitative estimate of drug-likeness (QED) is 0.638. The lowest BCUT2D eigenvalue weighted by atomic mass is 10.1. The maximum absolute atomic E-state index is 11.7. The fraction of sp³-hybridized carbons (Fsp3) is 0.938. The zero-order valence-electron chi connectivity index (χ0n) is 13.6. The molecule has 0 radical (unpaired) electrons. The number of carbonyl (C=O) groups is 1. The van der Waals surface area contributed by atoms with Crippen LogP contribution in [0.4, 0.5) is 4.79 Å². The van der Waals surface area contributed by atoms with Gasteiger partial charge in [0.25, 0.3) is 0 Å². The molecule has 20 heavy (non-hydrogen) atoms. The molecule has 4 nitrogen and oxygen atoms in total. The Morgan fingerprint density at radius 3 is 2.50 bits per heavy atom. The highest BCUT2D eigenvalue weighted by molar-refractivity contribution is 5.67. The Hall–Kier alpha value is -0.770. The molecule has 1 atom stereocenters. The topological polar surface area (TPSA) is 50.4 Å². The molecular weight excluding hydrogens is 252 g/mol. The van der Waals surface area contributed by atoms with Crippen molar-refractivity contribution < 1.29 is 9.53 Å². The molecule has 1 unspecified atom stereocenters. The van der Waals surface area contributed by atoms with Crippen LogP contribution in [-0.4, -0.2) is 30.8 Å². The summed E-state index contributed by atoms with van der Waals surface area (Å²) >= 11 is 0. The van der Waals surface area contributed by atoms with Gasteiger partial charge < -0.3 is 15.4 Å². The predicted octanol–water partition coefficient (Wildman–Crippen LogP) is 3.46. The van der Waals surface area contributed by atoms with Gasteiger partial charge in [-0.15, -0.1) is 0 Å². The van der Waals surface area contributed by atoms with E-state index >= 15 is 0 Å². The SMILES string of the molecule is CCCCCCNC(CNC(=O)OC(C)(C)C)C1CC1. The Bertz CT molecular complexity index is 283. The fourth-order valence-corrected chi connectivity index (χ4v) is 2.25. The van der Waals surface area contributed by atoms with E-state index < -0.39 is 5.60 Å². The molecule has 1 saturated carbocycles. The third-order valence-corrected chi connectivity index (χ3v) is 3.49. The minimum atomic E-state index is -0.424. The van der Waals surface area contributed by atoms with Crippen molar-refractivity contribution in [3.63, 3.8) is 0 Å². The molecule has 2 N–H and O–H groups in total. The second-order valence-electron chi connectivity index (χ2n) is 6.84. The van der Waals surface area contributed by atoms with Gasteiger partial charge in [-0.3, -0.25) is 0 Å². The van der Waals surface area contributed by atoms with Crippen LogP contribution < -0.4 is 10.6 Å². The minimum Gasteiger partial charge on any atom is -0.444 e. The van der Waals surface area contributed by atoms with Gasteiger partial charge in [0, 0.05) is 12.6 Å². The average Bonchev–Trinajstić information content (AvgIpc) is 3.14. The van der Waals surface area contributed by atoms with E-state index in [1.165, 1.54) is 38.5 Å². The van der Waals surface area contributed by atoms with Crippen LogP contribution in [0.3, 0.4) is 0 Å². The summed E-state index contributed by atoms with van der Waals surface area (Å²) in [6.45, 7) is 9.61. The normalized spacial score (nSPS) is 16.8. The van der Waals surface area contributed by atoms with Crippen LogP contribution in [0.1, 0.15) is 66.2 Å². The smallest absolute Gasteiger partial charge is 0.407 e. The molecule has 1 amide bonds. The number of alkyl carbamates (subject to hydrolysis) is 1. The molecule has 0 saturated heterocycles. The van der Waals surface area contributed by atoms with Crippen LogP contribution in [0.5, 0.6) is 0 Å². The Labute approximate surface area is 124 Å². The summed E-state index contributed by atoms with van der Waals surface area (Å²) in [6.07, 6.45) is 7.35. The fourth-order valence-electron chi connectivity index (χ4n) is 2.25. The number of carbonyl (C=O) groups excluding carboxylic acids is 1. The van der Waals surface area contributed by atoms with Crippen LogP contribution in [0.25, 0.3) is 0 Å². The van der Waals surface area contributed by atoms with Gasteiger partial charge in [0.1, 0.15) is 5.60 Å². The summed E-state index contributed by atoms with van der Waals surface area (Å²) < 4.78 is 5.27. The molecule has 0 aromatic heterocycles. The third kappa shape index (κ3) is 8.41. The van der Waals surface area contributed by atoms with E-state index in [0.29, 0.717) is 12.6 Å². The van der Waals surface area contributed by atoms with Gasteiger partial charge in [0.2, 0.25) is 0 Å². The standard InChI is InChI=1S/C16H32N2O2/c1-5-6-7-8-11-17-14(13-9-10-13)12-18-15(19)20-16(2,3)4/h13-14,17H,5-12H2,1-4H3,(H,18,19). The molecule has 1 aliphatic carbocycles. The average molecular weight is 284 g/mol. The highest BCUT2D eigenvalue weighted by Gasteiger charge is 2.31. The summed E-state index contributed by atoms with van der Waals surface area (Å²) in [5.74, 6) is 0.733. The molecule has 1 aliphatic rings. The molecule has 1 rings (SSSR count). The second-order valence-corrected chi connectivity index (χ2v) is 6.84. The zero-order valence-corrected chi connectivity index (χ0v) is 13.6. The van der Waals surface area contributed by atoms with Gasteiger partial charge >= 0.3 is 6.09 Å². The lowest BCUT2D eigenvalue weighted by Crippen LogP contribution is -2.44. The van der Waals surface area contributed by atoms with Gasteiger partial charge in [0.05, 0.1) is 0 Å². The second kappa shape index (κ2) is 8.50. The molecular formula is C16H32N2O2. The lowest BCUT2D eigenvalue weighted by molar-refractivity contribution is 0.0521. The molecule has 0 heterocycles. The van der Waals surface area contributed by atoms with Gasteiger partial charge in [0.15, 0.2) is 0 Å². The van der Waals surface area contributed by atoms with Gasteiger partial charge in [-0.1, -0.05) is 26.2 Å². The van der Waals surface area contributed by atoms with E-state index in [1.807, 2.05) is 20.8 Å². The van der Waals surface area contributed by atoms with E-state index in [9.17, 15) is 4.79 Å². The predicted molar refractivity (Wildman–Crippen MR) is 82.9 cm³/mol. The third-order valence-electron chi connectivity index (χ3n) is 3.49. The van der Waals surface area contributed by atoms with Crippen molar-refractivity contribution in [2.24, 2.45) is 5.92 Å². The number of ether oxygens (including phenoxy) is 1. The van der Waals surface area contributed by atoms with Crippen molar-refractivity contribution in [2.45, 2.75) is 77.9 Å². The first-order chi connectivity index (χ1) is 9.42. The molecule has 1 fully saturated rings. The Morgan fingerprint density at radius 1 is 1.25 bits per heavy atom. The van der Waals surface area contributed by atoms with E-state index in [1.54, 1.807) is 0 Å². The highest BCUT2D eigenvalue weighted by atomic mass is 16.6. The summed E-state index contributed by atoms with van der Waals surface area (Å²) in [5.41, 5.74) is -0.424. The summed E-state index contributed by atoms with van der Waals surface area (Å²) in [6, 6.07) is 0.407. The van der Waals surface area contributed by atoms with Crippen molar-refractivity contribution in [3.05, 3.63) is 0 Å². The van der Waals surface area contributed by atoms with Gasteiger partial charge in [-0.2, -0.15) is 0 Å². The first-order valence-electron chi connectivity index (χ1n) is 8.12. The van der Waals surface area contributed by atoms with Gasteiger partial charge in [-0.25, -0.2) is 4.79 Å². The Kier molecular flexibility index (Phi) is 7.35. The van der Waals surface area contributed by atoms with Crippen LogP contribution in [0.2, 0.25) is 0 Å². The van der Waals surface area contributed by atoms with Crippen molar-refractivity contribution in [2.75, 3.05) is 13.1 Å². The van der Waals surface area contributed by atoms with E-state index in [4.69, 9.17) is 4.74 Å². The number of rotatable bonds is 9. The Morgan fingerprint density at radius 2 is 1.95 bits per heavy atom. The number of amides is 1. The summed E-state index contributed by atoms with van der Waals surface area (Å²) in [4.78, 5) is 11.7. The molecule has 4 heteroatoms. The van der Waals surface area contributed by atoms with Crippen molar-refractivity contribution in [1.29, 1.82) is 0 Å². The van der Waals surface area contributed by atoms with Crippen LogP contribution >= 0.6 is 0 Å². The molecule has 0 aromatic rings. The molecule has 0 aromatic carbocycles. The van der Waals surface area contributed by atoms with Gasteiger partial charge in [-0.05, 0) is 52.5 Å². The summed E-state index contributed by atoms with van der Waals surface area (Å²) in [7, 11) is 0. The van der Waals surface area contributed by atoms with Crippen molar-refractivity contribution >= 4 is 6.09 Å². The van der Waals surface area contributed by atoms with Crippen LogP contribution in [0.15, 0.2) is 0 Å². The lowest BCUT2D eigenvalue weighted by Gasteiger charge is -2.22. The highest BCUT2D eigenvalue weighted by Crippen LogP contribution is 2.32. The first-order valence-corrected chi connectivity index (χ1v) is 8.12. The van der Waals surface area contributed by atoms with E-state index in [-0.39, 0.29) is 6.09 Å². The first kappa shape index (κ1) is 17.3. The maximum atomic E-state index is 11.7.